The van der Waals surface area contributed by atoms with Crippen LogP contribution in [0, 0.1) is 5.82 Å². The highest BCUT2D eigenvalue weighted by Gasteiger charge is 2.28. The van der Waals surface area contributed by atoms with Gasteiger partial charge in [0.1, 0.15) is 10.7 Å². The van der Waals surface area contributed by atoms with E-state index in [0.29, 0.717) is 17.8 Å². The number of rotatable bonds is 3. The number of carbonyl (C=O) groups excluding carboxylic acids is 1. The molecule has 1 aromatic heterocycles. The van der Waals surface area contributed by atoms with E-state index < -0.39 is 0 Å². The number of piperidine rings is 1. The van der Waals surface area contributed by atoms with E-state index in [0.717, 1.165) is 23.4 Å². The first-order valence-electron chi connectivity index (χ1n) is 7.78. The molecular formula is C17H20FN3OS. The molecule has 1 fully saturated rings. The molecule has 4 nitrogen and oxygen atoms in total. The Morgan fingerprint density at radius 1 is 1.43 bits per heavy atom. The van der Waals surface area contributed by atoms with Crippen molar-refractivity contribution in [3.8, 4) is 0 Å². The van der Waals surface area contributed by atoms with Crippen molar-refractivity contribution in [2.45, 2.75) is 38.3 Å². The maximum Gasteiger partial charge on any atom is 0.265 e. The highest BCUT2D eigenvalue weighted by molar-refractivity contribution is 7.13. The van der Waals surface area contributed by atoms with Crippen LogP contribution in [0.2, 0.25) is 0 Å². The first-order valence-corrected chi connectivity index (χ1v) is 8.60. The molecule has 0 aliphatic carbocycles. The Hall–Kier alpha value is -1.79. The molecule has 0 bridgehead atoms. The summed E-state index contributed by atoms with van der Waals surface area (Å²) in [7, 11) is 0. The molecule has 1 saturated heterocycles. The summed E-state index contributed by atoms with van der Waals surface area (Å²) in [5.41, 5.74) is 6.94. The molecular weight excluding hydrogens is 313 g/mol. The summed E-state index contributed by atoms with van der Waals surface area (Å²) in [5.74, 6) is -0.215. The molecule has 0 spiro atoms. The van der Waals surface area contributed by atoms with Gasteiger partial charge < -0.3 is 10.6 Å². The minimum Gasteiger partial charge on any atom is -0.335 e. The second kappa shape index (κ2) is 6.76. The summed E-state index contributed by atoms with van der Waals surface area (Å²) in [6.45, 7) is 2.74. The molecule has 2 heterocycles. The van der Waals surface area contributed by atoms with Crippen LogP contribution >= 0.6 is 11.3 Å². The molecule has 122 valence electrons. The lowest BCUT2D eigenvalue weighted by molar-refractivity contribution is 0.0624. The number of nitrogens with two attached hydrogens (primary N) is 1. The van der Waals surface area contributed by atoms with Crippen molar-refractivity contribution in [1.82, 2.24) is 9.88 Å². The van der Waals surface area contributed by atoms with Crippen LogP contribution in [0.3, 0.4) is 0 Å². The number of amides is 1. The summed E-state index contributed by atoms with van der Waals surface area (Å²) in [5, 5.41) is 0.862. The highest BCUT2D eigenvalue weighted by Crippen LogP contribution is 2.23. The molecule has 0 saturated carbocycles. The van der Waals surface area contributed by atoms with Gasteiger partial charge >= 0.3 is 0 Å². The van der Waals surface area contributed by atoms with E-state index in [-0.39, 0.29) is 23.8 Å². The second-order valence-corrected chi connectivity index (χ2v) is 7.17. The van der Waals surface area contributed by atoms with Crippen molar-refractivity contribution < 1.29 is 9.18 Å². The van der Waals surface area contributed by atoms with Crippen LogP contribution in [-0.4, -0.2) is 34.4 Å². The lowest BCUT2D eigenvalue weighted by atomic mass is 9.99. The number of thiazole rings is 1. The smallest absolute Gasteiger partial charge is 0.265 e. The van der Waals surface area contributed by atoms with Crippen LogP contribution in [0.25, 0.3) is 0 Å². The highest BCUT2D eigenvalue weighted by atomic mass is 32.1. The van der Waals surface area contributed by atoms with Crippen molar-refractivity contribution in [3.63, 3.8) is 0 Å². The molecule has 2 aromatic rings. The molecule has 0 radical (unpaired) electrons. The normalized spacial score (nSPS) is 21.4. The van der Waals surface area contributed by atoms with Gasteiger partial charge in [-0.25, -0.2) is 9.37 Å². The van der Waals surface area contributed by atoms with Crippen molar-refractivity contribution in [3.05, 3.63) is 51.7 Å². The van der Waals surface area contributed by atoms with E-state index in [2.05, 4.69) is 4.98 Å². The fourth-order valence-corrected chi connectivity index (χ4v) is 3.83. The Labute approximate surface area is 139 Å². The predicted octanol–water partition coefficient (Wildman–Crippen LogP) is 2.82. The zero-order valence-electron chi connectivity index (χ0n) is 13.0. The lowest BCUT2D eigenvalue weighted by Crippen LogP contribution is -2.48. The van der Waals surface area contributed by atoms with E-state index in [1.165, 1.54) is 23.5 Å². The summed E-state index contributed by atoms with van der Waals surface area (Å²) in [6, 6.07) is 6.71. The molecule has 1 aromatic carbocycles. The lowest BCUT2D eigenvalue weighted by Gasteiger charge is -2.36. The Morgan fingerprint density at radius 2 is 2.17 bits per heavy atom. The number of aromatic nitrogens is 1. The quantitative estimate of drug-likeness (QED) is 0.939. The van der Waals surface area contributed by atoms with Gasteiger partial charge in [0.25, 0.3) is 5.91 Å². The van der Waals surface area contributed by atoms with Crippen molar-refractivity contribution in [1.29, 1.82) is 0 Å². The maximum atomic E-state index is 12.9. The van der Waals surface area contributed by atoms with Gasteiger partial charge in [-0.1, -0.05) is 12.1 Å². The third-order valence-corrected chi connectivity index (χ3v) is 5.20. The first kappa shape index (κ1) is 16.1. The zero-order chi connectivity index (χ0) is 16.4. The summed E-state index contributed by atoms with van der Waals surface area (Å²) >= 11 is 1.41. The fraction of sp³-hybridized carbons (Fsp3) is 0.412. The van der Waals surface area contributed by atoms with E-state index >= 15 is 0 Å². The van der Waals surface area contributed by atoms with Crippen molar-refractivity contribution in [2.24, 2.45) is 5.73 Å². The minimum atomic E-state index is -0.249. The zero-order valence-corrected chi connectivity index (χ0v) is 13.9. The van der Waals surface area contributed by atoms with Crippen LogP contribution < -0.4 is 5.73 Å². The van der Waals surface area contributed by atoms with E-state index in [4.69, 9.17) is 5.73 Å². The Kier molecular flexibility index (Phi) is 4.73. The van der Waals surface area contributed by atoms with E-state index in [9.17, 15) is 9.18 Å². The Balaban J connectivity index is 1.68. The average molecular weight is 333 g/mol. The van der Waals surface area contributed by atoms with Gasteiger partial charge in [0, 0.05) is 25.0 Å². The molecule has 1 aliphatic rings. The van der Waals surface area contributed by atoms with Crippen LogP contribution in [-0.2, 0) is 6.42 Å². The van der Waals surface area contributed by atoms with Crippen LogP contribution in [0.5, 0.6) is 0 Å². The third kappa shape index (κ3) is 3.76. The average Bonchev–Trinajstić information content (AvgIpc) is 2.97. The van der Waals surface area contributed by atoms with Gasteiger partial charge in [-0.3, -0.25) is 4.79 Å². The molecule has 1 aliphatic heterocycles. The van der Waals surface area contributed by atoms with Crippen LogP contribution in [0.15, 0.2) is 30.5 Å². The Bertz CT molecular complexity index is 685. The molecule has 1 amide bonds. The van der Waals surface area contributed by atoms with Crippen molar-refractivity contribution in [2.75, 3.05) is 6.54 Å². The molecule has 3 rings (SSSR count). The summed E-state index contributed by atoms with van der Waals surface area (Å²) < 4.78 is 12.9. The van der Waals surface area contributed by atoms with Gasteiger partial charge in [-0.2, -0.15) is 0 Å². The number of benzene rings is 1. The number of hydrogen-bond acceptors (Lipinski definition) is 4. The number of halogens is 1. The monoisotopic (exact) mass is 333 g/mol. The Morgan fingerprint density at radius 3 is 2.87 bits per heavy atom. The SMILES string of the molecule is C[C@H]1C[C@@H](N)CCN1C(=O)c1cnc(Cc2ccc(F)cc2)s1. The molecule has 23 heavy (non-hydrogen) atoms. The minimum absolute atomic E-state index is 0.0345. The molecule has 2 N–H and O–H groups in total. The van der Waals surface area contributed by atoms with Crippen LogP contribution in [0.1, 0.15) is 40.0 Å². The molecule has 6 heteroatoms. The van der Waals surface area contributed by atoms with Gasteiger partial charge in [0.15, 0.2) is 0 Å². The first-order chi connectivity index (χ1) is 11.0. The van der Waals surface area contributed by atoms with Crippen molar-refractivity contribution >= 4 is 17.2 Å². The number of carbonyl (C=O) groups is 1. The number of hydrogen-bond donors (Lipinski definition) is 1. The van der Waals surface area contributed by atoms with Gasteiger partial charge in [0.05, 0.1) is 11.2 Å². The van der Waals surface area contributed by atoms with Gasteiger partial charge in [-0.05, 0) is 37.5 Å². The summed E-state index contributed by atoms with van der Waals surface area (Å²) in [6.07, 6.45) is 3.94. The number of likely N-dealkylation sites (tertiary alicyclic amines) is 1. The molecule has 0 unspecified atom stereocenters. The third-order valence-electron chi connectivity index (χ3n) is 4.21. The summed E-state index contributed by atoms with van der Waals surface area (Å²) in [4.78, 5) is 19.5. The van der Waals surface area contributed by atoms with E-state index in [1.807, 2.05) is 11.8 Å². The standard InChI is InChI=1S/C17H20FN3OS/c1-11-8-14(19)6-7-21(11)17(22)15-10-20-16(23-15)9-12-2-4-13(18)5-3-12/h2-5,10-11,14H,6-9,19H2,1H3/t11-,14-/m0/s1. The number of nitrogens with zero attached hydrogens (tertiary/aromatic N) is 2. The van der Waals surface area contributed by atoms with Gasteiger partial charge in [-0.15, -0.1) is 11.3 Å². The largest absolute Gasteiger partial charge is 0.335 e. The fourth-order valence-electron chi connectivity index (χ4n) is 2.92. The molecule has 2 atom stereocenters. The topological polar surface area (TPSA) is 59.2 Å². The second-order valence-electron chi connectivity index (χ2n) is 6.05. The van der Waals surface area contributed by atoms with Crippen LogP contribution in [0.4, 0.5) is 4.39 Å². The maximum absolute atomic E-state index is 12.9. The van der Waals surface area contributed by atoms with Gasteiger partial charge in [0.2, 0.25) is 0 Å². The predicted molar refractivity (Wildman–Crippen MR) is 89.0 cm³/mol. The van der Waals surface area contributed by atoms with E-state index in [1.54, 1.807) is 18.3 Å².